The summed E-state index contributed by atoms with van der Waals surface area (Å²) in [5.41, 5.74) is 1.17. The van der Waals surface area contributed by atoms with Crippen molar-refractivity contribution in [2.45, 2.75) is 32.5 Å². The Kier molecular flexibility index (Phi) is 7.78. The van der Waals surface area contributed by atoms with Crippen LogP contribution < -0.4 is 16.0 Å². The molecule has 0 aromatic heterocycles. The number of rotatable bonds is 7. The number of likely N-dealkylation sites (N-methyl/N-ethyl adjacent to an activating group) is 1. The molecule has 1 aliphatic heterocycles. The molecular formula is C18H28N4O5S. The largest absolute Gasteiger partial charge is 0.373 e. The minimum atomic E-state index is -3.49. The van der Waals surface area contributed by atoms with Crippen LogP contribution >= 0.6 is 0 Å². The second kappa shape index (κ2) is 9.85. The summed E-state index contributed by atoms with van der Waals surface area (Å²) in [7, 11) is -1.94. The number of carbonyl (C=O) groups excluding carboxylic acids is 2. The molecule has 2 atom stereocenters. The Balaban J connectivity index is 1.87. The van der Waals surface area contributed by atoms with Gasteiger partial charge in [0.15, 0.2) is 0 Å². The monoisotopic (exact) mass is 412 g/mol. The Morgan fingerprint density at radius 1 is 1.18 bits per heavy atom. The Labute approximate surface area is 165 Å². The van der Waals surface area contributed by atoms with E-state index in [9.17, 15) is 18.0 Å². The third kappa shape index (κ3) is 6.47. The zero-order valence-corrected chi connectivity index (χ0v) is 17.2. The molecule has 28 heavy (non-hydrogen) atoms. The van der Waals surface area contributed by atoms with Gasteiger partial charge in [-0.25, -0.2) is 13.2 Å². The quantitative estimate of drug-likeness (QED) is 0.604. The predicted octanol–water partition coefficient (Wildman–Crippen LogP) is 0.536. The number of nitrogens with one attached hydrogen (secondary N) is 3. The topological polar surface area (TPSA) is 117 Å². The molecule has 0 spiro atoms. The van der Waals surface area contributed by atoms with Crippen molar-refractivity contribution >= 4 is 27.6 Å². The molecular weight excluding hydrogens is 384 g/mol. The van der Waals surface area contributed by atoms with Gasteiger partial charge < -0.3 is 20.7 Å². The molecule has 1 heterocycles. The van der Waals surface area contributed by atoms with Gasteiger partial charge in [-0.1, -0.05) is 18.2 Å². The second-order valence-corrected chi connectivity index (χ2v) is 8.87. The van der Waals surface area contributed by atoms with Crippen molar-refractivity contribution in [1.82, 2.24) is 14.9 Å². The average Bonchev–Trinajstić information content (AvgIpc) is 2.62. The van der Waals surface area contributed by atoms with Crippen LogP contribution in [0, 0.1) is 0 Å². The van der Waals surface area contributed by atoms with Crippen LogP contribution in [-0.4, -0.2) is 69.3 Å². The van der Waals surface area contributed by atoms with E-state index in [2.05, 4.69) is 16.0 Å². The standard InChI is InChI=1S/C18H28N4O5S/c1-13-11-22(12-14(2)27-13)28(25,26)9-8-20-18(24)21-16-7-5-4-6-15(16)10-17(23)19-3/h4-7,13-14H,8-12H2,1-3H3,(H,19,23)(H2,20,21,24)/t13-,14-/m1/s1. The molecule has 1 saturated heterocycles. The number of amides is 3. The van der Waals surface area contributed by atoms with E-state index in [0.717, 1.165) is 0 Å². The van der Waals surface area contributed by atoms with E-state index in [0.29, 0.717) is 24.3 Å². The summed E-state index contributed by atoms with van der Waals surface area (Å²) in [5.74, 6) is -0.366. The Bertz CT molecular complexity index is 789. The van der Waals surface area contributed by atoms with Gasteiger partial charge in [0.05, 0.1) is 24.4 Å². The fraction of sp³-hybridized carbons (Fsp3) is 0.556. The van der Waals surface area contributed by atoms with Crippen molar-refractivity contribution in [3.8, 4) is 0 Å². The van der Waals surface area contributed by atoms with E-state index in [4.69, 9.17) is 4.74 Å². The summed E-state index contributed by atoms with van der Waals surface area (Å²) >= 11 is 0. The van der Waals surface area contributed by atoms with Gasteiger partial charge in [0.25, 0.3) is 0 Å². The molecule has 1 aromatic carbocycles. The number of hydrogen-bond acceptors (Lipinski definition) is 5. The maximum absolute atomic E-state index is 12.5. The number of morpholine rings is 1. The zero-order valence-electron chi connectivity index (χ0n) is 16.4. The maximum Gasteiger partial charge on any atom is 0.319 e. The van der Waals surface area contributed by atoms with Crippen molar-refractivity contribution in [2.24, 2.45) is 0 Å². The number of sulfonamides is 1. The molecule has 3 N–H and O–H groups in total. The van der Waals surface area contributed by atoms with E-state index in [-0.39, 0.29) is 36.8 Å². The molecule has 1 fully saturated rings. The fourth-order valence-electron chi connectivity index (χ4n) is 3.00. The third-order valence-electron chi connectivity index (χ3n) is 4.32. The number of benzene rings is 1. The highest BCUT2D eigenvalue weighted by molar-refractivity contribution is 7.89. The molecule has 156 valence electrons. The van der Waals surface area contributed by atoms with Crippen molar-refractivity contribution < 1.29 is 22.7 Å². The van der Waals surface area contributed by atoms with Gasteiger partial charge in [-0.3, -0.25) is 4.79 Å². The lowest BCUT2D eigenvalue weighted by Crippen LogP contribution is -2.49. The van der Waals surface area contributed by atoms with Crippen LogP contribution in [-0.2, 0) is 26.0 Å². The summed E-state index contributed by atoms with van der Waals surface area (Å²) < 4.78 is 31.9. The normalized spacial score (nSPS) is 20.4. The number of carbonyl (C=O) groups is 2. The molecule has 0 unspecified atom stereocenters. The number of ether oxygens (including phenoxy) is 1. The van der Waals surface area contributed by atoms with Crippen molar-refractivity contribution in [1.29, 1.82) is 0 Å². The lowest BCUT2D eigenvalue weighted by atomic mass is 10.1. The molecule has 0 aliphatic carbocycles. The van der Waals surface area contributed by atoms with Crippen LogP contribution in [0.5, 0.6) is 0 Å². The number of anilines is 1. The van der Waals surface area contributed by atoms with Crippen LogP contribution in [0.4, 0.5) is 10.5 Å². The number of urea groups is 1. The highest BCUT2D eigenvalue weighted by Gasteiger charge is 2.30. The molecule has 1 aliphatic rings. The summed E-state index contributed by atoms with van der Waals surface area (Å²) in [6.07, 6.45) is -0.187. The molecule has 9 nitrogen and oxygen atoms in total. The van der Waals surface area contributed by atoms with Crippen LogP contribution in [0.3, 0.4) is 0 Å². The van der Waals surface area contributed by atoms with Gasteiger partial charge in [0.2, 0.25) is 15.9 Å². The van der Waals surface area contributed by atoms with Gasteiger partial charge in [0.1, 0.15) is 0 Å². The fourth-order valence-corrected chi connectivity index (χ4v) is 4.50. The molecule has 0 bridgehead atoms. The second-order valence-electron chi connectivity index (χ2n) is 6.78. The van der Waals surface area contributed by atoms with E-state index in [1.807, 2.05) is 13.8 Å². The minimum Gasteiger partial charge on any atom is -0.373 e. The first-order chi connectivity index (χ1) is 13.2. The summed E-state index contributed by atoms with van der Waals surface area (Å²) in [4.78, 5) is 23.7. The van der Waals surface area contributed by atoms with E-state index in [1.165, 1.54) is 4.31 Å². The molecule has 3 amide bonds. The van der Waals surface area contributed by atoms with Crippen LogP contribution in [0.15, 0.2) is 24.3 Å². The van der Waals surface area contributed by atoms with Gasteiger partial charge >= 0.3 is 6.03 Å². The highest BCUT2D eigenvalue weighted by atomic mass is 32.2. The van der Waals surface area contributed by atoms with Crippen molar-refractivity contribution in [3.05, 3.63) is 29.8 Å². The van der Waals surface area contributed by atoms with Gasteiger partial charge in [-0.2, -0.15) is 4.31 Å². The molecule has 1 aromatic rings. The zero-order chi connectivity index (χ0) is 20.7. The van der Waals surface area contributed by atoms with Crippen molar-refractivity contribution in [2.75, 3.05) is 37.8 Å². The molecule has 0 radical (unpaired) electrons. The van der Waals surface area contributed by atoms with Crippen LogP contribution in [0.2, 0.25) is 0 Å². The molecule has 10 heteroatoms. The molecule has 0 saturated carbocycles. The average molecular weight is 413 g/mol. The van der Waals surface area contributed by atoms with Crippen molar-refractivity contribution in [3.63, 3.8) is 0 Å². The van der Waals surface area contributed by atoms with Gasteiger partial charge in [-0.05, 0) is 25.5 Å². The first kappa shape index (κ1) is 22.1. The van der Waals surface area contributed by atoms with Gasteiger partial charge in [0, 0.05) is 32.4 Å². The Morgan fingerprint density at radius 3 is 2.46 bits per heavy atom. The van der Waals surface area contributed by atoms with Crippen LogP contribution in [0.1, 0.15) is 19.4 Å². The first-order valence-electron chi connectivity index (χ1n) is 9.18. The summed E-state index contributed by atoms with van der Waals surface area (Å²) in [6, 6.07) is 6.43. The Hall–Kier alpha value is -2.17. The summed E-state index contributed by atoms with van der Waals surface area (Å²) in [5, 5.41) is 7.75. The first-order valence-corrected chi connectivity index (χ1v) is 10.8. The third-order valence-corrected chi connectivity index (χ3v) is 6.13. The SMILES string of the molecule is CNC(=O)Cc1ccccc1NC(=O)NCCS(=O)(=O)N1C[C@@H](C)O[C@H](C)C1. The smallest absolute Gasteiger partial charge is 0.319 e. The lowest BCUT2D eigenvalue weighted by Gasteiger charge is -2.34. The maximum atomic E-state index is 12.5. The van der Waals surface area contributed by atoms with E-state index < -0.39 is 16.1 Å². The number of hydrogen-bond donors (Lipinski definition) is 3. The Morgan fingerprint density at radius 2 is 1.82 bits per heavy atom. The lowest BCUT2D eigenvalue weighted by molar-refractivity contribution is -0.119. The van der Waals surface area contributed by atoms with Gasteiger partial charge in [-0.15, -0.1) is 0 Å². The predicted molar refractivity (Wildman–Crippen MR) is 107 cm³/mol. The number of para-hydroxylation sites is 1. The number of nitrogens with zero attached hydrogens (tertiary/aromatic N) is 1. The van der Waals surface area contributed by atoms with E-state index >= 15 is 0 Å². The van der Waals surface area contributed by atoms with Crippen LogP contribution in [0.25, 0.3) is 0 Å². The highest BCUT2D eigenvalue weighted by Crippen LogP contribution is 2.16. The molecule has 2 rings (SSSR count). The minimum absolute atomic E-state index is 0.0219. The van der Waals surface area contributed by atoms with E-state index in [1.54, 1.807) is 31.3 Å². The summed E-state index contributed by atoms with van der Waals surface area (Å²) in [6.45, 7) is 4.27.